The Labute approximate surface area is 200 Å². The number of amides is 2. The van der Waals surface area contributed by atoms with Gasteiger partial charge >= 0.3 is 11.8 Å². The van der Waals surface area contributed by atoms with E-state index in [-0.39, 0.29) is 12.1 Å². The van der Waals surface area contributed by atoms with Crippen molar-refractivity contribution in [2.45, 2.75) is 19.0 Å². The molecular formula is C24H35N5O3S. The molecule has 9 heteroatoms. The highest BCUT2D eigenvalue weighted by atomic mass is 32.1. The maximum atomic E-state index is 12.5. The van der Waals surface area contributed by atoms with Gasteiger partial charge in [0.1, 0.15) is 5.75 Å². The van der Waals surface area contributed by atoms with Gasteiger partial charge in [0.15, 0.2) is 0 Å². The Kier molecular flexibility index (Phi) is 9.11. The van der Waals surface area contributed by atoms with Crippen LogP contribution in [0.2, 0.25) is 0 Å². The molecule has 0 aliphatic carbocycles. The molecule has 3 rings (SSSR count). The summed E-state index contributed by atoms with van der Waals surface area (Å²) >= 11 is 1.68. The lowest BCUT2D eigenvalue weighted by atomic mass is 10.0. The van der Waals surface area contributed by atoms with Gasteiger partial charge < -0.3 is 25.2 Å². The van der Waals surface area contributed by atoms with Gasteiger partial charge in [-0.25, -0.2) is 0 Å². The first kappa shape index (κ1) is 25.0. The molecule has 2 atom stereocenters. The number of ether oxygens (including phenoxy) is 1. The fourth-order valence-corrected chi connectivity index (χ4v) is 5.04. The van der Waals surface area contributed by atoms with Crippen LogP contribution in [0.4, 0.5) is 5.69 Å². The summed E-state index contributed by atoms with van der Waals surface area (Å²) in [7, 11) is 5.52. The molecule has 0 spiro atoms. The molecule has 180 valence electrons. The Balaban J connectivity index is 1.61. The summed E-state index contributed by atoms with van der Waals surface area (Å²) in [6, 6.07) is 12.1. The minimum atomic E-state index is -0.585. The van der Waals surface area contributed by atoms with Gasteiger partial charge in [0.25, 0.3) is 0 Å². The molecule has 8 nitrogen and oxygen atoms in total. The molecule has 0 radical (unpaired) electrons. The third-order valence-corrected chi connectivity index (χ3v) is 6.81. The quantitative estimate of drug-likeness (QED) is 0.541. The number of piperazine rings is 1. The zero-order valence-electron chi connectivity index (χ0n) is 19.9. The van der Waals surface area contributed by atoms with Crippen LogP contribution in [0.5, 0.6) is 5.75 Å². The SMILES string of the molecule is COc1ccc(N2CCN([C@H](c3cccs3)[C@@H](C)NC(=O)C(=O)NCCN(C)C)CC2)cc1. The molecule has 0 bridgehead atoms. The molecule has 1 aliphatic rings. The van der Waals surface area contributed by atoms with E-state index in [4.69, 9.17) is 4.74 Å². The van der Waals surface area contributed by atoms with Crippen molar-refractivity contribution in [1.82, 2.24) is 20.4 Å². The molecule has 2 amide bonds. The Morgan fingerprint density at radius 3 is 2.36 bits per heavy atom. The smallest absolute Gasteiger partial charge is 0.309 e. The molecule has 1 saturated heterocycles. The molecule has 0 saturated carbocycles. The van der Waals surface area contributed by atoms with Crippen LogP contribution in [0.3, 0.4) is 0 Å². The average molecular weight is 474 g/mol. The summed E-state index contributed by atoms with van der Waals surface area (Å²) in [5, 5.41) is 7.67. The number of hydrogen-bond donors (Lipinski definition) is 2. The molecule has 0 unspecified atom stereocenters. The van der Waals surface area contributed by atoms with Crippen LogP contribution in [0.25, 0.3) is 0 Å². The van der Waals surface area contributed by atoms with Gasteiger partial charge in [-0.3, -0.25) is 14.5 Å². The predicted molar refractivity (Wildman–Crippen MR) is 133 cm³/mol. The van der Waals surface area contributed by atoms with E-state index in [1.807, 2.05) is 44.1 Å². The van der Waals surface area contributed by atoms with E-state index < -0.39 is 11.8 Å². The van der Waals surface area contributed by atoms with Crippen LogP contribution in [-0.2, 0) is 9.59 Å². The normalized spacial score (nSPS) is 16.3. The maximum Gasteiger partial charge on any atom is 0.309 e. The zero-order chi connectivity index (χ0) is 23.8. The van der Waals surface area contributed by atoms with Crippen LogP contribution < -0.4 is 20.3 Å². The number of carbonyl (C=O) groups excluding carboxylic acids is 2. The number of rotatable bonds is 9. The number of anilines is 1. The van der Waals surface area contributed by atoms with Crippen molar-refractivity contribution in [3.8, 4) is 5.75 Å². The fourth-order valence-electron chi connectivity index (χ4n) is 4.08. The van der Waals surface area contributed by atoms with Gasteiger partial charge in [0.2, 0.25) is 0 Å². The third kappa shape index (κ3) is 6.93. The van der Waals surface area contributed by atoms with Crippen LogP contribution in [0, 0.1) is 0 Å². The van der Waals surface area contributed by atoms with E-state index in [0.29, 0.717) is 13.1 Å². The molecule has 2 N–H and O–H groups in total. The van der Waals surface area contributed by atoms with Crippen LogP contribution in [0.1, 0.15) is 17.8 Å². The van der Waals surface area contributed by atoms with Crippen molar-refractivity contribution in [3.05, 3.63) is 46.7 Å². The number of likely N-dealkylation sites (N-methyl/N-ethyl adjacent to an activating group) is 1. The third-order valence-electron chi connectivity index (χ3n) is 5.86. The van der Waals surface area contributed by atoms with Crippen LogP contribution in [-0.4, -0.2) is 88.1 Å². The second kappa shape index (κ2) is 12.0. The molecule has 1 aromatic heterocycles. The Morgan fingerprint density at radius 2 is 1.79 bits per heavy atom. The van der Waals surface area contributed by atoms with E-state index in [1.165, 1.54) is 10.6 Å². The number of benzene rings is 1. The first-order valence-electron chi connectivity index (χ1n) is 11.3. The highest BCUT2D eigenvalue weighted by Gasteiger charge is 2.31. The summed E-state index contributed by atoms with van der Waals surface area (Å²) < 4.78 is 5.26. The molecule has 2 aromatic rings. The van der Waals surface area contributed by atoms with Gasteiger partial charge in [-0.15, -0.1) is 11.3 Å². The Bertz CT molecular complexity index is 880. The lowest BCUT2D eigenvalue weighted by Gasteiger charge is -2.42. The minimum absolute atomic E-state index is 0.0153. The monoisotopic (exact) mass is 473 g/mol. The van der Waals surface area contributed by atoms with E-state index in [0.717, 1.165) is 31.9 Å². The number of nitrogens with one attached hydrogen (secondary N) is 2. The number of nitrogens with zero attached hydrogens (tertiary/aromatic N) is 3. The largest absolute Gasteiger partial charge is 0.497 e. The van der Waals surface area contributed by atoms with Crippen LogP contribution >= 0.6 is 11.3 Å². The number of carbonyl (C=O) groups is 2. The van der Waals surface area contributed by atoms with E-state index in [1.54, 1.807) is 18.4 Å². The van der Waals surface area contributed by atoms with Gasteiger partial charge in [-0.2, -0.15) is 0 Å². The van der Waals surface area contributed by atoms with E-state index in [9.17, 15) is 9.59 Å². The summed E-state index contributed by atoms with van der Waals surface area (Å²) in [4.78, 5) is 32.6. The van der Waals surface area contributed by atoms with E-state index in [2.05, 4.69) is 44.0 Å². The Morgan fingerprint density at radius 1 is 1.09 bits per heavy atom. The van der Waals surface area contributed by atoms with Crippen molar-refractivity contribution in [2.24, 2.45) is 0 Å². The average Bonchev–Trinajstić information content (AvgIpc) is 3.33. The second-order valence-electron chi connectivity index (χ2n) is 8.50. The minimum Gasteiger partial charge on any atom is -0.497 e. The summed E-state index contributed by atoms with van der Waals surface area (Å²) in [6.45, 7) is 6.61. The Hall–Kier alpha value is -2.62. The molecule has 2 heterocycles. The molecule has 1 fully saturated rings. The highest BCUT2D eigenvalue weighted by Crippen LogP contribution is 2.30. The molecular weight excluding hydrogens is 438 g/mol. The van der Waals surface area contributed by atoms with Crippen molar-refractivity contribution >= 4 is 28.8 Å². The number of thiophene rings is 1. The molecule has 1 aromatic carbocycles. The maximum absolute atomic E-state index is 12.5. The number of hydrogen-bond acceptors (Lipinski definition) is 7. The van der Waals surface area contributed by atoms with Crippen molar-refractivity contribution in [1.29, 1.82) is 0 Å². The summed E-state index contributed by atoms with van der Waals surface area (Å²) in [5.74, 6) is -0.317. The lowest BCUT2D eigenvalue weighted by molar-refractivity contribution is -0.139. The first-order valence-corrected chi connectivity index (χ1v) is 12.2. The van der Waals surface area contributed by atoms with Gasteiger partial charge in [-0.1, -0.05) is 6.07 Å². The first-order chi connectivity index (χ1) is 15.9. The molecule has 33 heavy (non-hydrogen) atoms. The van der Waals surface area contributed by atoms with E-state index >= 15 is 0 Å². The number of methoxy groups -OCH3 is 1. The van der Waals surface area contributed by atoms with Gasteiger partial charge in [0, 0.05) is 55.9 Å². The summed E-state index contributed by atoms with van der Waals surface area (Å²) in [5.41, 5.74) is 1.18. The fraction of sp³-hybridized carbons (Fsp3) is 0.500. The second-order valence-corrected chi connectivity index (χ2v) is 9.48. The van der Waals surface area contributed by atoms with Crippen molar-refractivity contribution in [3.63, 3.8) is 0 Å². The summed E-state index contributed by atoms with van der Waals surface area (Å²) in [6.07, 6.45) is 0. The predicted octanol–water partition coefficient (Wildman–Crippen LogP) is 1.80. The topological polar surface area (TPSA) is 77.1 Å². The molecule has 1 aliphatic heterocycles. The van der Waals surface area contributed by atoms with Crippen molar-refractivity contribution < 1.29 is 14.3 Å². The lowest BCUT2D eigenvalue weighted by Crippen LogP contribution is -2.54. The van der Waals surface area contributed by atoms with Crippen LogP contribution in [0.15, 0.2) is 41.8 Å². The standard InChI is InChI=1S/C24H35N5O3S/c1-18(26-24(31)23(30)25-11-12-27(2)3)22(21-6-5-17-33-21)29-15-13-28(14-16-29)19-7-9-20(32-4)10-8-19/h5-10,17-18,22H,11-16H2,1-4H3,(H,25,30)(H,26,31)/t18-,22+/m1/s1. The highest BCUT2D eigenvalue weighted by molar-refractivity contribution is 7.10. The van der Waals surface area contributed by atoms with Gasteiger partial charge in [-0.05, 0) is 56.7 Å². The zero-order valence-corrected chi connectivity index (χ0v) is 20.7. The van der Waals surface area contributed by atoms with Gasteiger partial charge in [0.05, 0.1) is 13.2 Å². The van der Waals surface area contributed by atoms with Crippen molar-refractivity contribution in [2.75, 3.05) is 65.4 Å².